The van der Waals surface area contributed by atoms with Gasteiger partial charge in [-0.05, 0) is 51.1 Å². The topological polar surface area (TPSA) is 108 Å². The number of aryl methyl sites for hydroxylation is 1. The molecule has 0 aliphatic heterocycles. The number of nitrogens with two attached hydrogens (primary N) is 1. The lowest BCUT2D eigenvalue weighted by atomic mass is 10.1. The summed E-state index contributed by atoms with van der Waals surface area (Å²) >= 11 is 0. The lowest BCUT2D eigenvalue weighted by Gasteiger charge is -2.18. The van der Waals surface area contributed by atoms with Crippen LogP contribution in [0.4, 0.5) is 17.3 Å². The first-order valence-corrected chi connectivity index (χ1v) is 9.97. The van der Waals surface area contributed by atoms with Gasteiger partial charge in [0.1, 0.15) is 0 Å². The van der Waals surface area contributed by atoms with Crippen LogP contribution in [0.1, 0.15) is 35.6 Å². The molecule has 1 amide bonds. The van der Waals surface area contributed by atoms with Gasteiger partial charge in [-0.15, -0.1) is 0 Å². The fourth-order valence-corrected chi connectivity index (χ4v) is 2.91. The average molecular weight is 400 g/mol. The van der Waals surface area contributed by atoms with E-state index in [9.17, 15) is 4.79 Å². The van der Waals surface area contributed by atoms with Gasteiger partial charge in [-0.25, -0.2) is 9.97 Å². The summed E-state index contributed by atoms with van der Waals surface area (Å²) in [7, 11) is 5.76. The fourth-order valence-electron chi connectivity index (χ4n) is 2.91. The minimum Gasteiger partial charge on any atom is -0.364 e. The van der Waals surface area contributed by atoms with E-state index in [-0.39, 0.29) is 5.69 Å². The molecule has 8 nitrogen and oxygen atoms in total. The zero-order valence-electron chi connectivity index (χ0n) is 18.0. The summed E-state index contributed by atoms with van der Waals surface area (Å²) in [6, 6.07) is 8.50. The maximum Gasteiger partial charge on any atom is 0.271 e. The lowest BCUT2D eigenvalue weighted by molar-refractivity contribution is 0.0996. The molecule has 1 heterocycles. The maximum absolute atomic E-state index is 11.9. The normalized spacial score (nSPS) is 11.9. The molecule has 29 heavy (non-hydrogen) atoms. The Labute approximate surface area is 173 Å². The molecule has 0 aliphatic carbocycles. The van der Waals surface area contributed by atoms with Crippen LogP contribution >= 0.6 is 0 Å². The molecule has 0 fully saturated rings. The highest BCUT2D eigenvalue weighted by molar-refractivity contribution is 5.96. The molecule has 2 aromatic rings. The number of aromatic nitrogens is 2. The van der Waals surface area contributed by atoms with Crippen molar-refractivity contribution in [1.82, 2.24) is 20.6 Å². The molecule has 2 rings (SSSR count). The fraction of sp³-hybridized carbons (Fsp3) is 0.476. The number of nitrogens with one attached hydrogen (secondary N) is 3. The number of hydrogen-bond donors (Lipinski definition) is 4. The number of rotatable bonds is 11. The molecular formula is C21H33N7O. The number of carbonyl (C=O) groups excluding carboxylic acids is 1. The third kappa shape index (κ3) is 6.40. The number of benzene rings is 1. The summed E-state index contributed by atoms with van der Waals surface area (Å²) in [5, 5.41) is 9.87. The Morgan fingerprint density at radius 3 is 2.66 bits per heavy atom. The van der Waals surface area contributed by atoms with Crippen LogP contribution in [0.3, 0.4) is 0 Å². The van der Waals surface area contributed by atoms with Crippen molar-refractivity contribution >= 4 is 23.2 Å². The Hall–Kier alpha value is -2.71. The molecule has 0 saturated heterocycles. The van der Waals surface area contributed by atoms with Gasteiger partial charge in [-0.3, -0.25) is 4.79 Å². The van der Waals surface area contributed by atoms with Gasteiger partial charge in [0.25, 0.3) is 5.91 Å². The molecule has 158 valence electrons. The van der Waals surface area contributed by atoms with E-state index in [0.717, 1.165) is 36.7 Å². The number of primary amides is 1. The maximum atomic E-state index is 11.9. The Morgan fingerprint density at radius 1 is 1.28 bits per heavy atom. The smallest absolute Gasteiger partial charge is 0.271 e. The van der Waals surface area contributed by atoms with Gasteiger partial charge >= 0.3 is 0 Å². The van der Waals surface area contributed by atoms with Crippen molar-refractivity contribution in [3.63, 3.8) is 0 Å². The molecule has 1 aromatic heterocycles. The highest BCUT2D eigenvalue weighted by Crippen LogP contribution is 2.24. The first kappa shape index (κ1) is 22.6. The van der Waals surface area contributed by atoms with Gasteiger partial charge in [0, 0.05) is 32.4 Å². The number of anilines is 3. The minimum absolute atomic E-state index is 0.153. The van der Waals surface area contributed by atoms with E-state index in [1.165, 1.54) is 5.56 Å². The monoisotopic (exact) mass is 399 g/mol. The molecular weight excluding hydrogens is 366 g/mol. The molecule has 0 aliphatic rings. The van der Waals surface area contributed by atoms with E-state index in [4.69, 9.17) is 5.73 Å². The van der Waals surface area contributed by atoms with Gasteiger partial charge in [-0.1, -0.05) is 19.1 Å². The predicted octanol–water partition coefficient (Wildman–Crippen LogP) is 1.69. The third-order valence-electron chi connectivity index (χ3n) is 4.66. The molecule has 0 bridgehead atoms. The summed E-state index contributed by atoms with van der Waals surface area (Å²) in [5.41, 5.74) is 8.48. The van der Waals surface area contributed by atoms with Crippen LogP contribution in [0.5, 0.6) is 0 Å². The zero-order chi connectivity index (χ0) is 21.4. The number of nitrogens with zero attached hydrogens (tertiary/aromatic N) is 3. The predicted molar refractivity (Wildman–Crippen MR) is 119 cm³/mol. The zero-order valence-corrected chi connectivity index (χ0v) is 18.0. The summed E-state index contributed by atoms with van der Waals surface area (Å²) in [6.45, 7) is 5.92. The number of amides is 1. The number of hydrogen-bond acceptors (Lipinski definition) is 7. The molecule has 5 N–H and O–H groups in total. The lowest BCUT2D eigenvalue weighted by Crippen LogP contribution is -2.34. The second-order valence-corrected chi connectivity index (χ2v) is 7.27. The van der Waals surface area contributed by atoms with Crippen LogP contribution in [0.15, 0.2) is 24.3 Å². The Kier molecular flexibility index (Phi) is 8.35. The van der Waals surface area contributed by atoms with Crippen molar-refractivity contribution in [3.8, 4) is 0 Å². The van der Waals surface area contributed by atoms with Gasteiger partial charge in [0.05, 0.1) is 5.69 Å². The van der Waals surface area contributed by atoms with Crippen molar-refractivity contribution in [3.05, 3.63) is 41.2 Å². The number of carbonyl (C=O) groups is 1. The van der Waals surface area contributed by atoms with E-state index in [1.54, 1.807) is 0 Å². The van der Waals surface area contributed by atoms with Crippen molar-refractivity contribution in [2.24, 2.45) is 5.73 Å². The van der Waals surface area contributed by atoms with Crippen LogP contribution < -0.4 is 26.6 Å². The molecule has 0 saturated carbocycles. The van der Waals surface area contributed by atoms with E-state index in [1.807, 2.05) is 45.1 Å². The second kappa shape index (κ2) is 10.7. The van der Waals surface area contributed by atoms with Crippen LogP contribution in [-0.4, -0.2) is 56.1 Å². The highest BCUT2D eigenvalue weighted by Gasteiger charge is 2.18. The average Bonchev–Trinajstić information content (AvgIpc) is 2.70. The molecule has 0 radical (unpaired) electrons. The molecule has 0 unspecified atom stereocenters. The van der Waals surface area contributed by atoms with Crippen LogP contribution in [0, 0.1) is 0 Å². The minimum atomic E-state index is -0.598. The largest absolute Gasteiger partial charge is 0.364 e. The van der Waals surface area contributed by atoms with Crippen LogP contribution in [0.25, 0.3) is 0 Å². The SMILES string of the molecule is CCc1nc(C(N)=O)c(Nc2cccc(CCNC[C@H](C)NC)c2)nc1N(C)C. The molecule has 0 spiro atoms. The van der Waals surface area contributed by atoms with Crippen LogP contribution in [-0.2, 0) is 12.8 Å². The van der Waals surface area contributed by atoms with E-state index in [2.05, 4.69) is 45.0 Å². The third-order valence-corrected chi connectivity index (χ3v) is 4.66. The van der Waals surface area contributed by atoms with E-state index in [0.29, 0.717) is 18.3 Å². The summed E-state index contributed by atoms with van der Waals surface area (Å²) in [6.07, 6.45) is 1.56. The molecule has 8 heteroatoms. The van der Waals surface area contributed by atoms with Crippen molar-refractivity contribution < 1.29 is 4.79 Å². The first-order chi connectivity index (χ1) is 13.8. The standard InChI is InChI=1S/C21H33N7O/c1-6-17-21(28(4)5)27-20(18(26-17)19(22)29)25-16-9-7-8-15(12-16)10-11-24-13-14(2)23-3/h7-9,12,14,23-24H,6,10-11,13H2,1-5H3,(H2,22,29)(H,25,27)/t14-/m0/s1. The summed E-state index contributed by atoms with van der Waals surface area (Å²) in [5.74, 6) is 0.495. The molecule has 1 aromatic carbocycles. The van der Waals surface area contributed by atoms with Gasteiger partial charge in [0.2, 0.25) is 0 Å². The summed E-state index contributed by atoms with van der Waals surface area (Å²) < 4.78 is 0. The summed E-state index contributed by atoms with van der Waals surface area (Å²) in [4.78, 5) is 22.9. The highest BCUT2D eigenvalue weighted by atomic mass is 16.1. The number of likely N-dealkylation sites (N-methyl/N-ethyl adjacent to an activating group) is 1. The van der Waals surface area contributed by atoms with Crippen molar-refractivity contribution in [2.45, 2.75) is 32.7 Å². The quantitative estimate of drug-likeness (QED) is 0.426. The van der Waals surface area contributed by atoms with E-state index < -0.39 is 5.91 Å². The van der Waals surface area contributed by atoms with Crippen molar-refractivity contribution in [1.29, 1.82) is 0 Å². The van der Waals surface area contributed by atoms with Crippen molar-refractivity contribution in [2.75, 3.05) is 44.4 Å². The molecule has 1 atom stereocenters. The Bertz CT molecular complexity index is 823. The van der Waals surface area contributed by atoms with Gasteiger partial charge < -0.3 is 26.6 Å². The van der Waals surface area contributed by atoms with Gasteiger partial charge in [0.15, 0.2) is 17.3 Å². The second-order valence-electron chi connectivity index (χ2n) is 7.27. The Morgan fingerprint density at radius 2 is 2.03 bits per heavy atom. The van der Waals surface area contributed by atoms with Crippen LogP contribution in [0.2, 0.25) is 0 Å². The van der Waals surface area contributed by atoms with E-state index >= 15 is 0 Å². The first-order valence-electron chi connectivity index (χ1n) is 9.97. The Balaban J connectivity index is 2.18. The van der Waals surface area contributed by atoms with Gasteiger partial charge in [-0.2, -0.15) is 0 Å².